The summed E-state index contributed by atoms with van der Waals surface area (Å²) in [7, 11) is 0. The first-order valence-corrected chi connectivity index (χ1v) is 4.20. The monoisotopic (exact) mass is 172 g/mol. The van der Waals surface area contributed by atoms with E-state index < -0.39 is 6.10 Å². The van der Waals surface area contributed by atoms with Crippen molar-refractivity contribution in [3.8, 4) is 0 Å². The van der Waals surface area contributed by atoms with Gasteiger partial charge in [0, 0.05) is 18.4 Å². The lowest BCUT2D eigenvalue weighted by Crippen LogP contribution is -2.29. The minimum Gasteiger partial charge on any atom is -0.459 e. The molecule has 68 valence electrons. The maximum absolute atomic E-state index is 10.8. The van der Waals surface area contributed by atoms with Crippen molar-refractivity contribution in [3.05, 3.63) is 0 Å². The van der Waals surface area contributed by atoms with E-state index in [4.69, 9.17) is 9.84 Å². The highest BCUT2D eigenvalue weighted by Gasteiger charge is 2.49. The molecule has 0 radical (unpaired) electrons. The number of ether oxygens (including phenoxy) is 1. The molecule has 0 amide bonds. The van der Waals surface area contributed by atoms with Crippen molar-refractivity contribution in [2.75, 3.05) is 6.61 Å². The van der Waals surface area contributed by atoms with Crippen LogP contribution < -0.4 is 0 Å². The molecule has 1 saturated heterocycles. The first kappa shape index (κ1) is 8.01. The summed E-state index contributed by atoms with van der Waals surface area (Å²) in [5, 5.41) is 18.4. The Balaban J connectivity index is 2.08. The first-order valence-electron chi connectivity index (χ1n) is 4.20. The molecule has 1 heterocycles. The van der Waals surface area contributed by atoms with Crippen molar-refractivity contribution < 1.29 is 19.7 Å². The lowest BCUT2D eigenvalue weighted by molar-refractivity contribution is -0.146. The van der Waals surface area contributed by atoms with Gasteiger partial charge >= 0.3 is 5.97 Å². The van der Waals surface area contributed by atoms with Gasteiger partial charge in [-0.15, -0.1) is 0 Å². The molecule has 2 rings (SSSR count). The molecule has 2 fully saturated rings. The zero-order valence-electron chi connectivity index (χ0n) is 6.64. The molecule has 0 aromatic rings. The molecule has 0 spiro atoms. The molecule has 4 heteroatoms. The van der Waals surface area contributed by atoms with Crippen LogP contribution in [0, 0.1) is 11.8 Å². The van der Waals surface area contributed by atoms with Crippen LogP contribution in [-0.4, -0.2) is 35.0 Å². The maximum atomic E-state index is 10.8. The number of hydrogen-bond acceptors (Lipinski definition) is 4. The van der Waals surface area contributed by atoms with Gasteiger partial charge in [0.1, 0.15) is 6.10 Å². The van der Waals surface area contributed by atoms with E-state index in [1.54, 1.807) is 0 Å². The summed E-state index contributed by atoms with van der Waals surface area (Å²) in [6.45, 7) is -0.0221. The Morgan fingerprint density at radius 2 is 2.33 bits per heavy atom. The van der Waals surface area contributed by atoms with E-state index in [0.717, 1.165) is 0 Å². The molecule has 12 heavy (non-hydrogen) atoms. The number of hydrogen-bond donors (Lipinski definition) is 2. The summed E-state index contributed by atoms with van der Waals surface area (Å²) in [4.78, 5) is 10.8. The number of esters is 1. The predicted octanol–water partition coefficient (Wildman–Crippen LogP) is -0.709. The van der Waals surface area contributed by atoms with Crippen molar-refractivity contribution in [1.29, 1.82) is 0 Å². The predicted molar refractivity (Wildman–Crippen MR) is 39.2 cm³/mol. The SMILES string of the molecule is O=C1C[C@H]2C[C@H](CO)[C@@H](O)[C@H]2O1. The molecule has 4 nitrogen and oxygen atoms in total. The second-order valence-electron chi connectivity index (χ2n) is 3.59. The Hall–Kier alpha value is -0.610. The minimum absolute atomic E-state index is 0.0221. The fraction of sp³-hybridized carbons (Fsp3) is 0.875. The number of rotatable bonds is 1. The van der Waals surface area contributed by atoms with E-state index >= 15 is 0 Å². The van der Waals surface area contributed by atoms with Crippen LogP contribution in [0.25, 0.3) is 0 Å². The van der Waals surface area contributed by atoms with Gasteiger partial charge in [-0.25, -0.2) is 0 Å². The number of fused-ring (bicyclic) bond motifs is 1. The Bertz CT molecular complexity index is 203. The summed E-state index contributed by atoms with van der Waals surface area (Å²) >= 11 is 0. The van der Waals surface area contributed by atoms with E-state index in [9.17, 15) is 9.90 Å². The molecule has 1 saturated carbocycles. The van der Waals surface area contributed by atoms with Crippen molar-refractivity contribution in [1.82, 2.24) is 0 Å². The maximum Gasteiger partial charge on any atom is 0.306 e. The minimum atomic E-state index is -0.661. The van der Waals surface area contributed by atoms with Crippen molar-refractivity contribution in [2.24, 2.45) is 11.8 Å². The van der Waals surface area contributed by atoms with Crippen LogP contribution in [-0.2, 0) is 9.53 Å². The molecule has 1 aliphatic carbocycles. The molecule has 2 aliphatic rings. The van der Waals surface area contributed by atoms with Gasteiger partial charge in [0.2, 0.25) is 0 Å². The van der Waals surface area contributed by atoms with E-state index in [2.05, 4.69) is 0 Å². The Morgan fingerprint density at radius 1 is 1.58 bits per heavy atom. The van der Waals surface area contributed by atoms with Crippen molar-refractivity contribution in [2.45, 2.75) is 25.0 Å². The zero-order chi connectivity index (χ0) is 8.72. The van der Waals surface area contributed by atoms with Crippen LogP contribution in [0.2, 0.25) is 0 Å². The van der Waals surface area contributed by atoms with E-state index in [1.807, 2.05) is 0 Å². The summed E-state index contributed by atoms with van der Waals surface area (Å²) in [6.07, 6.45) is 0.0906. The van der Waals surface area contributed by atoms with Crippen LogP contribution in [0.1, 0.15) is 12.8 Å². The highest BCUT2D eigenvalue weighted by atomic mass is 16.6. The van der Waals surface area contributed by atoms with Crippen molar-refractivity contribution in [3.63, 3.8) is 0 Å². The van der Waals surface area contributed by atoms with Gasteiger partial charge in [0.25, 0.3) is 0 Å². The van der Waals surface area contributed by atoms with Crippen LogP contribution in [0.3, 0.4) is 0 Å². The molecule has 0 aromatic carbocycles. The topological polar surface area (TPSA) is 66.8 Å². The zero-order valence-corrected chi connectivity index (χ0v) is 6.64. The quantitative estimate of drug-likeness (QED) is 0.513. The number of carbonyl (C=O) groups is 1. The van der Waals surface area contributed by atoms with Crippen molar-refractivity contribution >= 4 is 5.97 Å². The Kier molecular flexibility index (Phi) is 1.81. The van der Waals surface area contributed by atoms with E-state index in [0.29, 0.717) is 12.8 Å². The number of aliphatic hydroxyl groups is 2. The van der Waals surface area contributed by atoms with Crippen LogP contribution in [0.5, 0.6) is 0 Å². The molecule has 1 aliphatic heterocycles. The smallest absolute Gasteiger partial charge is 0.306 e. The van der Waals surface area contributed by atoms with E-state index in [1.165, 1.54) is 0 Å². The first-order chi connectivity index (χ1) is 5.72. The summed E-state index contributed by atoms with van der Waals surface area (Å²) in [6, 6.07) is 0. The van der Waals surface area contributed by atoms with Gasteiger partial charge in [-0.2, -0.15) is 0 Å². The second kappa shape index (κ2) is 2.71. The van der Waals surface area contributed by atoms with Gasteiger partial charge in [0.15, 0.2) is 0 Å². The third-order valence-corrected chi connectivity index (χ3v) is 2.82. The molecule has 2 N–H and O–H groups in total. The third-order valence-electron chi connectivity index (χ3n) is 2.82. The fourth-order valence-corrected chi connectivity index (χ4v) is 2.17. The van der Waals surface area contributed by atoms with E-state index in [-0.39, 0.29) is 30.5 Å². The molecular weight excluding hydrogens is 160 g/mol. The van der Waals surface area contributed by atoms with Gasteiger partial charge in [-0.1, -0.05) is 0 Å². The van der Waals surface area contributed by atoms with Crippen LogP contribution >= 0.6 is 0 Å². The Morgan fingerprint density at radius 3 is 2.92 bits per heavy atom. The highest BCUT2D eigenvalue weighted by molar-refractivity contribution is 5.72. The lowest BCUT2D eigenvalue weighted by Gasteiger charge is -2.15. The third kappa shape index (κ3) is 1.03. The van der Waals surface area contributed by atoms with Gasteiger partial charge in [-0.3, -0.25) is 4.79 Å². The van der Waals surface area contributed by atoms with Gasteiger partial charge < -0.3 is 14.9 Å². The van der Waals surface area contributed by atoms with Gasteiger partial charge in [-0.05, 0) is 6.42 Å². The molecule has 0 aromatic heterocycles. The highest BCUT2D eigenvalue weighted by Crippen LogP contribution is 2.39. The summed E-state index contributed by atoms with van der Waals surface area (Å²) < 4.78 is 4.93. The van der Waals surface area contributed by atoms with Crippen LogP contribution in [0.15, 0.2) is 0 Å². The normalized spacial score (nSPS) is 46.0. The molecular formula is C8H12O4. The Labute approximate surface area is 70.1 Å². The summed E-state index contributed by atoms with van der Waals surface area (Å²) in [5.74, 6) is -0.196. The molecule has 4 atom stereocenters. The fourth-order valence-electron chi connectivity index (χ4n) is 2.17. The number of carbonyl (C=O) groups excluding carboxylic acids is 1. The van der Waals surface area contributed by atoms with Gasteiger partial charge in [0.05, 0.1) is 12.5 Å². The molecule has 0 bridgehead atoms. The second-order valence-corrected chi connectivity index (χ2v) is 3.59. The molecule has 0 unspecified atom stereocenters. The average molecular weight is 172 g/mol. The largest absolute Gasteiger partial charge is 0.459 e. The number of aliphatic hydroxyl groups excluding tert-OH is 2. The summed E-state index contributed by atoms with van der Waals surface area (Å²) in [5.41, 5.74) is 0. The average Bonchev–Trinajstić information content (AvgIpc) is 2.51. The lowest BCUT2D eigenvalue weighted by atomic mass is 10.0. The standard InChI is InChI=1S/C8H12O4/c9-3-5-1-4-2-6(10)12-8(4)7(5)11/h4-5,7-9,11H,1-3H2/t4-,5-,7-,8+/m1/s1. The van der Waals surface area contributed by atoms with Crippen LogP contribution in [0.4, 0.5) is 0 Å².